The summed E-state index contributed by atoms with van der Waals surface area (Å²) in [5.41, 5.74) is 0.893. The van der Waals surface area contributed by atoms with Crippen molar-refractivity contribution in [2.24, 2.45) is 0 Å². The zero-order valence-electron chi connectivity index (χ0n) is 15.6. The van der Waals surface area contributed by atoms with E-state index in [0.29, 0.717) is 21.9 Å². The minimum Gasteiger partial charge on any atom is -0.467 e. The van der Waals surface area contributed by atoms with E-state index < -0.39 is 10.9 Å². The summed E-state index contributed by atoms with van der Waals surface area (Å²) in [6.45, 7) is 0.124. The van der Waals surface area contributed by atoms with E-state index in [-0.39, 0.29) is 31.4 Å². The van der Waals surface area contributed by atoms with Crippen molar-refractivity contribution in [1.82, 2.24) is 0 Å². The van der Waals surface area contributed by atoms with E-state index in [1.807, 2.05) is 30.3 Å². The Hall–Kier alpha value is -2.81. The fraction of sp³-hybridized carbons (Fsp3) is 0.190. The summed E-state index contributed by atoms with van der Waals surface area (Å²) in [5.74, 6) is 0.0929. The first-order valence-corrected chi connectivity index (χ1v) is 10.4. The molecule has 0 spiro atoms. The molecule has 0 fully saturated rings. The van der Waals surface area contributed by atoms with Crippen LogP contribution in [-0.4, -0.2) is 23.4 Å². The van der Waals surface area contributed by atoms with Crippen molar-refractivity contribution in [3.63, 3.8) is 0 Å². The lowest BCUT2D eigenvalue weighted by molar-refractivity contribution is -0.385. The van der Waals surface area contributed by atoms with Crippen molar-refractivity contribution in [2.45, 2.75) is 18.1 Å². The Morgan fingerprint density at radius 2 is 2.03 bits per heavy atom. The van der Waals surface area contributed by atoms with Crippen molar-refractivity contribution in [2.75, 3.05) is 12.5 Å². The molecule has 3 aromatic carbocycles. The van der Waals surface area contributed by atoms with Crippen molar-refractivity contribution in [3.8, 4) is 5.75 Å². The highest BCUT2D eigenvalue weighted by Crippen LogP contribution is 2.34. The van der Waals surface area contributed by atoms with Gasteiger partial charge in [0, 0.05) is 38.6 Å². The van der Waals surface area contributed by atoms with Gasteiger partial charge in [-0.1, -0.05) is 35.9 Å². The van der Waals surface area contributed by atoms with Crippen LogP contribution in [0.25, 0.3) is 10.8 Å². The van der Waals surface area contributed by atoms with Crippen LogP contribution in [0, 0.1) is 10.1 Å². The molecule has 0 radical (unpaired) electrons. The Morgan fingerprint density at radius 3 is 2.83 bits per heavy atom. The number of rotatable bonds is 6. The number of esters is 1. The van der Waals surface area contributed by atoms with E-state index >= 15 is 0 Å². The van der Waals surface area contributed by atoms with Gasteiger partial charge < -0.3 is 14.2 Å². The van der Waals surface area contributed by atoms with Crippen LogP contribution in [0.3, 0.4) is 0 Å². The zero-order chi connectivity index (χ0) is 21.1. The first-order valence-electron chi connectivity index (χ1n) is 8.99. The van der Waals surface area contributed by atoms with Crippen LogP contribution in [0.15, 0.2) is 53.4 Å². The number of ether oxygens (including phenoxy) is 3. The van der Waals surface area contributed by atoms with Gasteiger partial charge in [0.25, 0.3) is 5.69 Å². The highest BCUT2D eigenvalue weighted by atomic mass is 35.5. The molecule has 0 bridgehead atoms. The standard InChI is InChI=1S/C21H16ClNO6S/c22-17-5-1-3-13-4-2-6-18(20(13)17)30-11-19(24)28-10-15-8-16(23(25)26)7-14-9-27-12-29-21(14)15/h1-8H,9-12H2. The van der Waals surface area contributed by atoms with Crippen LogP contribution in [0.1, 0.15) is 11.1 Å². The van der Waals surface area contributed by atoms with Gasteiger partial charge in [-0.05, 0) is 17.5 Å². The van der Waals surface area contributed by atoms with E-state index in [0.717, 1.165) is 15.7 Å². The van der Waals surface area contributed by atoms with E-state index in [4.69, 9.17) is 25.8 Å². The van der Waals surface area contributed by atoms with Crippen molar-refractivity contribution in [3.05, 3.63) is 74.8 Å². The van der Waals surface area contributed by atoms with Gasteiger partial charge in [-0.15, -0.1) is 11.8 Å². The highest BCUT2D eigenvalue weighted by molar-refractivity contribution is 8.00. The van der Waals surface area contributed by atoms with E-state index in [9.17, 15) is 14.9 Å². The normalized spacial score (nSPS) is 12.8. The fourth-order valence-corrected chi connectivity index (χ4v) is 4.46. The minimum absolute atomic E-state index is 0.0451. The maximum atomic E-state index is 12.3. The van der Waals surface area contributed by atoms with Gasteiger partial charge in [-0.3, -0.25) is 14.9 Å². The van der Waals surface area contributed by atoms with Gasteiger partial charge in [0.2, 0.25) is 0 Å². The minimum atomic E-state index is -0.500. The van der Waals surface area contributed by atoms with Crippen LogP contribution in [0.4, 0.5) is 5.69 Å². The lowest BCUT2D eigenvalue weighted by atomic mass is 10.1. The third-order valence-electron chi connectivity index (χ3n) is 4.53. The summed E-state index contributed by atoms with van der Waals surface area (Å²) >= 11 is 7.64. The molecule has 0 aromatic heterocycles. The third kappa shape index (κ3) is 4.35. The molecule has 0 aliphatic carbocycles. The number of carbonyl (C=O) groups excluding carboxylic acids is 1. The maximum Gasteiger partial charge on any atom is 0.316 e. The highest BCUT2D eigenvalue weighted by Gasteiger charge is 2.22. The number of nitro groups is 1. The van der Waals surface area contributed by atoms with Gasteiger partial charge in [-0.25, -0.2) is 0 Å². The van der Waals surface area contributed by atoms with Crippen molar-refractivity contribution < 1.29 is 23.9 Å². The van der Waals surface area contributed by atoms with E-state index in [2.05, 4.69) is 0 Å². The number of nitrogens with zero attached hydrogens (tertiary/aromatic N) is 1. The van der Waals surface area contributed by atoms with Gasteiger partial charge >= 0.3 is 5.97 Å². The van der Waals surface area contributed by atoms with E-state index in [1.54, 1.807) is 6.07 Å². The average molecular weight is 446 g/mol. The Labute approximate surface area is 181 Å². The summed E-state index contributed by atoms with van der Waals surface area (Å²) in [7, 11) is 0. The molecule has 0 saturated heterocycles. The predicted molar refractivity (Wildman–Crippen MR) is 113 cm³/mol. The van der Waals surface area contributed by atoms with Gasteiger partial charge in [0.15, 0.2) is 6.79 Å². The largest absolute Gasteiger partial charge is 0.467 e. The molecule has 0 unspecified atom stereocenters. The molecular weight excluding hydrogens is 430 g/mol. The van der Waals surface area contributed by atoms with Crippen molar-refractivity contribution in [1.29, 1.82) is 0 Å². The molecule has 154 valence electrons. The monoisotopic (exact) mass is 445 g/mol. The second kappa shape index (κ2) is 8.91. The maximum absolute atomic E-state index is 12.3. The summed E-state index contributed by atoms with van der Waals surface area (Å²) in [6.07, 6.45) is 0. The Kier molecular flexibility index (Phi) is 6.08. The van der Waals surface area contributed by atoms with Gasteiger partial charge in [0.05, 0.1) is 17.3 Å². The van der Waals surface area contributed by atoms with Gasteiger partial charge in [0.1, 0.15) is 12.4 Å². The number of benzene rings is 3. The smallest absolute Gasteiger partial charge is 0.316 e. The van der Waals surface area contributed by atoms with Crippen LogP contribution < -0.4 is 4.74 Å². The number of hydrogen-bond acceptors (Lipinski definition) is 7. The second-order valence-corrected chi connectivity index (χ2v) is 7.93. The Balaban J connectivity index is 1.45. The number of halogens is 1. The summed E-state index contributed by atoms with van der Waals surface area (Å²) in [4.78, 5) is 23.9. The molecule has 0 atom stereocenters. The number of carbonyl (C=O) groups is 1. The average Bonchev–Trinajstić information content (AvgIpc) is 2.75. The zero-order valence-corrected chi connectivity index (χ0v) is 17.2. The van der Waals surface area contributed by atoms with Crippen LogP contribution in [0.5, 0.6) is 5.75 Å². The van der Waals surface area contributed by atoms with E-state index in [1.165, 1.54) is 23.9 Å². The molecule has 1 aliphatic rings. The fourth-order valence-electron chi connectivity index (χ4n) is 3.21. The van der Waals surface area contributed by atoms with Gasteiger partial charge in [-0.2, -0.15) is 0 Å². The first kappa shape index (κ1) is 20.5. The molecule has 4 rings (SSSR count). The third-order valence-corrected chi connectivity index (χ3v) is 5.88. The number of nitro benzene ring substituents is 1. The molecule has 1 aliphatic heterocycles. The lowest BCUT2D eigenvalue weighted by Crippen LogP contribution is -2.15. The SMILES string of the molecule is O=C(CSc1cccc2cccc(Cl)c12)OCc1cc([N+](=O)[O-])cc2c1OCOC2. The molecule has 9 heteroatoms. The molecular formula is C21H16ClNO6S. The number of hydrogen-bond donors (Lipinski definition) is 0. The molecule has 7 nitrogen and oxygen atoms in total. The van der Waals surface area contributed by atoms with Crippen LogP contribution in [0.2, 0.25) is 5.02 Å². The summed E-state index contributed by atoms with van der Waals surface area (Å²) in [6, 6.07) is 14.2. The quantitative estimate of drug-likeness (QED) is 0.225. The number of fused-ring (bicyclic) bond motifs is 2. The molecule has 0 N–H and O–H groups in total. The number of non-ortho nitro benzene ring substituents is 1. The summed E-state index contributed by atoms with van der Waals surface area (Å²) in [5, 5.41) is 13.7. The van der Waals surface area contributed by atoms with Crippen molar-refractivity contribution >= 4 is 45.8 Å². The second-order valence-electron chi connectivity index (χ2n) is 6.50. The first-order chi connectivity index (χ1) is 14.5. The predicted octanol–water partition coefficient (Wildman–Crippen LogP) is 5.10. The van der Waals surface area contributed by atoms with Crippen LogP contribution in [-0.2, 0) is 27.5 Å². The summed E-state index contributed by atoms with van der Waals surface area (Å²) < 4.78 is 16.0. The Morgan fingerprint density at radius 1 is 1.23 bits per heavy atom. The van der Waals surface area contributed by atoms with Crippen LogP contribution >= 0.6 is 23.4 Å². The molecule has 1 heterocycles. The molecule has 30 heavy (non-hydrogen) atoms. The number of thioether (sulfide) groups is 1. The molecule has 0 saturated carbocycles. The molecule has 0 amide bonds. The lowest BCUT2D eigenvalue weighted by Gasteiger charge is -2.20. The molecule has 3 aromatic rings. The topological polar surface area (TPSA) is 87.9 Å². The Bertz CT molecular complexity index is 1130.